The van der Waals surface area contributed by atoms with Crippen molar-refractivity contribution in [3.8, 4) is 5.75 Å². The second-order valence-corrected chi connectivity index (χ2v) is 13.2. The topological polar surface area (TPSA) is 96.0 Å². The molecule has 0 unspecified atom stereocenters. The summed E-state index contributed by atoms with van der Waals surface area (Å²) in [7, 11) is -2.75. The third kappa shape index (κ3) is 8.61. The second-order valence-electron chi connectivity index (χ2n) is 10.5. The smallest absolute Gasteiger partial charge is 0.264 e. The number of hydrogen-bond acceptors (Lipinski definition) is 5. The van der Waals surface area contributed by atoms with E-state index in [4.69, 9.17) is 27.9 Å². The van der Waals surface area contributed by atoms with Gasteiger partial charge in [-0.05, 0) is 87.4 Å². The fraction of sp³-hybridized carbons (Fsp3) is 0.333. The highest BCUT2D eigenvalue weighted by Gasteiger charge is 2.34. The van der Waals surface area contributed by atoms with Crippen LogP contribution in [0.2, 0.25) is 10.0 Å². The summed E-state index contributed by atoms with van der Waals surface area (Å²) in [6.07, 6.45) is 0.309. The van der Waals surface area contributed by atoms with Crippen molar-refractivity contribution < 1.29 is 22.7 Å². The van der Waals surface area contributed by atoms with Gasteiger partial charge in [-0.1, -0.05) is 48.3 Å². The number of methoxy groups -OCH3 is 1. The first-order valence-electron chi connectivity index (χ1n) is 13.0. The van der Waals surface area contributed by atoms with Crippen molar-refractivity contribution in [1.82, 2.24) is 10.2 Å². The number of anilines is 1. The number of amides is 2. The normalized spacial score (nSPS) is 12.4. The quantitative estimate of drug-likeness (QED) is 0.287. The minimum absolute atomic E-state index is 0.0344. The number of halogens is 2. The lowest BCUT2D eigenvalue weighted by molar-refractivity contribution is -0.141. The molecule has 0 aliphatic rings. The van der Waals surface area contributed by atoms with Gasteiger partial charge in [0.2, 0.25) is 11.8 Å². The molecule has 1 atom stereocenters. The van der Waals surface area contributed by atoms with Gasteiger partial charge >= 0.3 is 0 Å². The van der Waals surface area contributed by atoms with Crippen LogP contribution in [0.3, 0.4) is 0 Å². The van der Waals surface area contributed by atoms with E-state index in [1.54, 1.807) is 49.4 Å². The Morgan fingerprint density at radius 1 is 0.951 bits per heavy atom. The number of ether oxygens (including phenoxy) is 1. The Morgan fingerprint density at radius 3 is 2.12 bits per heavy atom. The Balaban J connectivity index is 2.07. The van der Waals surface area contributed by atoms with Gasteiger partial charge in [0.25, 0.3) is 10.0 Å². The van der Waals surface area contributed by atoms with E-state index in [2.05, 4.69) is 5.32 Å². The molecule has 2 amide bonds. The number of rotatable bonds is 11. The molecule has 0 aliphatic carbocycles. The van der Waals surface area contributed by atoms with Crippen molar-refractivity contribution in [2.24, 2.45) is 0 Å². The van der Waals surface area contributed by atoms with Crippen molar-refractivity contribution in [2.75, 3.05) is 18.0 Å². The van der Waals surface area contributed by atoms with Crippen LogP contribution in [-0.2, 0) is 26.2 Å². The SMILES string of the molecule is CC[C@@H](C(=O)NC(C)(C)C)N(Cc1ccc(Cl)cc1)C(=O)CN(c1cccc(Cl)c1)S(=O)(=O)c1ccc(OC)cc1. The Labute approximate surface area is 252 Å². The van der Waals surface area contributed by atoms with E-state index >= 15 is 0 Å². The van der Waals surface area contributed by atoms with Gasteiger partial charge in [-0.25, -0.2) is 8.42 Å². The van der Waals surface area contributed by atoms with Gasteiger partial charge in [0.15, 0.2) is 0 Å². The third-order valence-corrected chi connectivity index (χ3v) is 8.45. The number of carbonyl (C=O) groups excluding carboxylic acids is 2. The van der Waals surface area contributed by atoms with Crippen LogP contribution in [0.1, 0.15) is 39.7 Å². The molecule has 0 saturated carbocycles. The molecule has 220 valence electrons. The number of nitrogens with zero attached hydrogens (tertiary/aromatic N) is 2. The van der Waals surface area contributed by atoms with E-state index in [0.717, 1.165) is 9.87 Å². The zero-order valence-corrected chi connectivity index (χ0v) is 26.1. The second kappa shape index (κ2) is 13.6. The van der Waals surface area contributed by atoms with Gasteiger partial charge in [0, 0.05) is 22.1 Å². The number of hydrogen-bond donors (Lipinski definition) is 1. The van der Waals surface area contributed by atoms with Gasteiger partial charge in [0.1, 0.15) is 18.3 Å². The molecule has 11 heteroatoms. The Hall–Kier alpha value is -3.27. The van der Waals surface area contributed by atoms with E-state index in [1.807, 2.05) is 20.8 Å². The van der Waals surface area contributed by atoms with Gasteiger partial charge in [-0.3, -0.25) is 13.9 Å². The summed E-state index contributed by atoms with van der Waals surface area (Å²) in [4.78, 5) is 28.8. The van der Waals surface area contributed by atoms with E-state index in [9.17, 15) is 18.0 Å². The van der Waals surface area contributed by atoms with Crippen LogP contribution < -0.4 is 14.4 Å². The number of sulfonamides is 1. The highest BCUT2D eigenvalue weighted by molar-refractivity contribution is 7.92. The van der Waals surface area contributed by atoms with Crippen LogP contribution in [0, 0.1) is 0 Å². The first-order chi connectivity index (χ1) is 19.2. The van der Waals surface area contributed by atoms with Gasteiger partial charge in [-0.2, -0.15) is 0 Å². The summed E-state index contributed by atoms with van der Waals surface area (Å²) >= 11 is 12.3. The first kappa shape index (κ1) is 32.2. The van der Waals surface area contributed by atoms with Gasteiger partial charge in [0.05, 0.1) is 17.7 Å². The van der Waals surface area contributed by atoms with Gasteiger partial charge in [-0.15, -0.1) is 0 Å². The van der Waals surface area contributed by atoms with Crippen LogP contribution in [-0.4, -0.2) is 50.4 Å². The van der Waals surface area contributed by atoms with E-state index in [0.29, 0.717) is 22.2 Å². The molecule has 0 aromatic heterocycles. The van der Waals surface area contributed by atoms with E-state index < -0.39 is 34.1 Å². The van der Waals surface area contributed by atoms with Crippen molar-refractivity contribution in [2.45, 2.75) is 57.1 Å². The molecule has 0 spiro atoms. The molecule has 3 aromatic rings. The monoisotopic (exact) mass is 619 g/mol. The number of benzene rings is 3. The Bertz CT molecular complexity index is 1460. The molecule has 0 aliphatic heterocycles. The van der Waals surface area contributed by atoms with Crippen LogP contribution in [0.4, 0.5) is 5.69 Å². The van der Waals surface area contributed by atoms with Crippen molar-refractivity contribution >= 4 is 50.7 Å². The largest absolute Gasteiger partial charge is 0.497 e. The zero-order chi connectivity index (χ0) is 30.4. The predicted molar refractivity (Wildman–Crippen MR) is 163 cm³/mol. The van der Waals surface area contributed by atoms with Crippen LogP contribution in [0.15, 0.2) is 77.7 Å². The molecule has 41 heavy (non-hydrogen) atoms. The number of nitrogens with one attached hydrogen (secondary N) is 1. The van der Waals surface area contributed by atoms with Crippen molar-refractivity contribution in [3.05, 3.63) is 88.4 Å². The van der Waals surface area contributed by atoms with Crippen molar-refractivity contribution in [3.63, 3.8) is 0 Å². The molecule has 1 N–H and O–H groups in total. The standard InChI is InChI=1S/C30H35Cl2N3O5S/c1-6-27(29(37)33-30(2,3)4)34(19-21-10-12-22(31)13-11-21)28(36)20-35(24-9-7-8-23(32)18-24)41(38,39)26-16-14-25(40-5)15-17-26/h7-18,27H,6,19-20H2,1-5H3,(H,33,37)/t27-/m0/s1. The maximum atomic E-state index is 14.1. The maximum absolute atomic E-state index is 14.1. The predicted octanol–water partition coefficient (Wildman–Crippen LogP) is 5.92. The zero-order valence-electron chi connectivity index (χ0n) is 23.7. The van der Waals surface area contributed by atoms with Crippen LogP contribution in [0.25, 0.3) is 0 Å². The minimum atomic E-state index is -4.23. The summed E-state index contributed by atoms with van der Waals surface area (Å²) in [5.74, 6) is -0.415. The average molecular weight is 621 g/mol. The molecule has 0 saturated heterocycles. The summed E-state index contributed by atoms with van der Waals surface area (Å²) in [6, 6.07) is 18.2. The molecule has 0 heterocycles. The molecule has 3 aromatic carbocycles. The molecule has 3 rings (SSSR count). The van der Waals surface area contributed by atoms with E-state index in [-0.39, 0.29) is 23.0 Å². The summed E-state index contributed by atoms with van der Waals surface area (Å²) in [5, 5.41) is 3.78. The third-order valence-electron chi connectivity index (χ3n) is 6.17. The van der Waals surface area contributed by atoms with Crippen LogP contribution >= 0.6 is 23.2 Å². The molecule has 0 fully saturated rings. The highest BCUT2D eigenvalue weighted by Crippen LogP contribution is 2.28. The summed E-state index contributed by atoms with van der Waals surface area (Å²) in [6.45, 7) is 6.86. The maximum Gasteiger partial charge on any atom is 0.264 e. The van der Waals surface area contributed by atoms with E-state index in [1.165, 1.54) is 42.3 Å². The minimum Gasteiger partial charge on any atom is -0.497 e. The Morgan fingerprint density at radius 2 is 1.59 bits per heavy atom. The molecule has 8 nitrogen and oxygen atoms in total. The van der Waals surface area contributed by atoms with Gasteiger partial charge < -0.3 is 15.0 Å². The van der Waals surface area contributed by atoms with Crippen molar-refractivity contribution in [1.29, 1.82) is 0 Å². The number of carbonyl (C=O) groups is 2. The highest BCUT2D eigenvalue weighted by atomic mass is 35.5. The summed E-state index contributed by atoms with van der Waals surface area (Å²) < 4.78 is 34.0. The molecular weight excluding hydrogens is 585 g/mol. The lowest BCUT2D eigenvalue weighted by Gasteiger charge is -2.34. The fourth-order valence-electron chi connectivity index (χ4n) is 4.19. The van der Waals surface area contributed by atoms with Crippen LogP contribution in [0.5, 0.6) is 5.75 Å². The lowest BCUT2D eigenvalue weighted by atomic mass is 10.1. The molecule has 0 bridgehead atoms. The Kier molecular flexibility index (Phi) is 10.7. The average Bonchev–Trinajstić information content (AvgIpc) is 2.91. The molecule has 0 radical (unpaired) electrons. The fourth-order valence-corrected chi connectivity index (χ4v) is 5.91. The molecular formula is C30H35Cl2N3O5S. The summed E-state index contributed by atoms with van der Waals surface area (Å²) in [5.41, 5.74) is 0.404. The lowest BCUT2D eigenvalue weighted by Crippen LogP contribution is -2.55. The first-order valence-corrected chi connectivity index (χ1v) is 15.2.